The molecule has 23 heavy (non-hydrogen) atoms. The summed E-state index contributed by atoms with van der Waals surface area (Å²) in [5, 5.41) is 2.27. The minimum absolute atomic E-state index is 0.0434. The number of esters is 1. The van der Waals surface area contributed by atoms with Crippen molar-refractivity contribution in [2.24, 2.45) is 23.7 Å². The van der Waals surface area contributed by atoms with Crippen molar-refractivity contribution in [1.82, 2.24) is 5.32 Å². The molecule has 0 spiro atoms. The lowest BCUT2D eigenvalue weighted by molar-refractivity contribution is -0.155. The lowest BCUT2D eigenvalue weighted by atomic mass is 9.71. The second kappa shape index (κ2) is 7.23. The molecule has 0 radical (unpaired) electrons. The molecule has 0 aromatic carbocycles. The van der Waals surface area contributed by atoms with E-state index in [1.165, 1.54) is 6.92 Å². The molecule has 4 atom stereocenters. The number of hydrogen-bond donors (Lipinski definition) is 1. The molecule has 2 fully saturated rings. The van der Waals surface area contributed by atoms with Crippen LogP contribution in [0.5, 0.6) is 0 Å². The van der Waals surface area contributed by atoms with Gasteiger partial charge in [0.2, 0.25) is 11.8 Å². The van der Waals surface area contributed by atoms with Crippen LogP contribution in [0.15, 0.2) is 0 Å². The van der Waals surface area contributed by atoms with E-state index in [1.807, 2.05) is 6.92 Å². The Bertz CT molecular complexity index is 499. The third-order valence-electron chi connectivity index (χ3n) is 4.82. The van der Waals surface area contributed by atoms with Crippen LogP contribution < -0.4 is 5.32 Å². The molecule has 2 aliphatic rings. The molecule has 1 aliphatic carbocycles. The highest BCUT2D eigenvalue weighted by molar-refractivity contribution is 5.97. The van der Waals surface area contributed by atoms with Crippen LogP contribution in [0.1, 0.15) is 52.9 Å². The number of ketones is 1. The van der Waals surface area contributed by atoms with Crippen LogP contribution in [-0.4, -0.2) is 29.7 Å². The van der Waals surface area contributed by atoms with Crippen LogP contribution in [0.2, 0.25) is 0 Å². The lowest BCUT2D eigenvalue weighted by Crippen LogP contribution is -2.44. The van der Waals surface area contributed by atoms with Crippen LogP contribution in [0.25, 0.3) is 0 Å². The summed E-state index contributed by atoms with van der Waals surface area (Å²) >= 11 is 0. The van der Waals surface area contributed by atoms with E-state index in [2.05, 4.69) is 12.2 Å². The average molecular weight is 323 g/mol. The summed E-state index contributed by atoms with van der Waals surface area (Å²) in [5.41, 5.74) is 0. The van der Waals surface area contributed by atoms with Crippen LogP contribution in [0, 0.1) is 23.7 Å². The molecule has 128 valence electrons. The molecule has 6 nitrogen and oxygen atoms in total. The van der Waals surface area contributed by atoms with Crippen molar-refractivity contribution in [3.05, 3.63) is 0 Å². The fraction of sp³-hybridized carbons (Fsp3) is 0.765. The Hall–Kier alpha value is -1.72. The van der Waals surface area contributed by atoms with Gasteiger partial charge in [-0.25, -0.2) is 0 Å². The predicted molar refractivity (Wildman–Crippen MR) is 82.1 cm³/mol. The quantitative estimate of drug-likeness (QED) is 0.627. The maximum atomic E-state index is 12.5. The molecule has 2 rings (SSSR count). The van der Waals surface area contributed by atoms with E-state index in [0.717, 1.165) is 6.42 Å². The van der Waals surface area contributed by atoms with Gasteiger partial charge in [-0.1, -0.05) is 13.8 Å². The first-order valence-electron chi connectivity index (χ1n) is 8.29. The largest absolute Gasteiger partial charge is 0.462 e. The molecule has 1 N–H and O–H groups in total. The molecule has 2 amide bonds. The fourth-order valence-corrected chi connectivity index (χ4v) is 3.92. The van der Waals surface area contributed by atoms with Gasteiger partial charge in [0.1, 0.15) is 11.9 Å². The number of carbonyl (C=O) groups is 4. The van der Waals surface area contributed by atoms with Crippen molar-refractivity contribution in [1.29, 1.82) is 0 Å². The second-order valence-corrected chi connectivity index (χ2v) is 7.12. The number of rotatable bonds is 4. The van der Waals surface area contributed by atoms with Crippen molar-refractivity contribution in [3.8, 4) is 0 Å². The first-order chi connectivity index (χ1) is 10.8. The summed E-state index contributed by atoms with van der Waals surface area (Å²) in [7, 11) is 0. The highest BCUT2D eigenvalue weighted by Crippen LogP contribution is 2.36. The normalized spacial score (nSPS) is 30.7. The molecule has 1 aliphatic heterocycles. The Morgan fingerprint density at radius 3 is 2.35 bits per heavy atom. The molecule has 4 unspecified atom stereocenters. The standard InChI is InChI=1S/C17H25NO5/c1-9-4-10(2)17(22)13(5-9)14(23-11(3)19)6-12-7-15(20)18-16(21)8-12/h9-10,12-14H,4-8H2,1-3H3,(H,18,20,21). The van der Waals surface area contributed by atoms with Gasteiger partial charge in [0.05, 0.1) is 5.92 Å². The third kappa shape index (κ3) is 4.62. The molecule has 0 bridgehead atoms. The van der Waals surface area contributed by atoms with Crippen molar-refractivity contribution in [2.45, 2.75) is 59.0 Å². The predicted octanol–water partition coefficient (Wildman–Crippen LogP) is 1.61. The minimum atomic E-state index is -0.547. The lowest BCUT2D eigenvalue weighted by Gasteiger charge is -2.36. The zero-order valence-corrected chi connectivity index (χ0v) is 14.0. The van der Waals surface area contributed by atoms with Crippen LogP contribution >= 0.6 is 0 Å². The first-order valence-corrected chi connectivity index (χ1v) is 8.29. The highest BCUT2D eigenvalue weighted by Gasteiger charge is 2.40. The smallest absolute Gasteiger partial charge is 0.302 e. The maximum Gasteiger partial charge on any atom is 0.302 e. The molecule has 1 heterocycles. The number of amides is 2. The number of hydrogen-bond acceptors (Lipinski definition) is 5. The molecular formula is C17H25NO5. The van der Waals surface area contributed by atoms with Crippen molar-refractivity contribution in [2.75, 3.05) is 0 Å². The van der Waals surface area contributed by atoms with Crippen molar-refractivity contribution in [3.63, 3.8) is 0 Å². The van der Waals surface area contributed by atoms with E-state index in [4.69, 9.17) is 4.74 Å². The van der Waals surface area contributed by atoms with Gasteiger partial charge in [0.15, 0.2) is 0 Å². The molecule has 1 saturated heterocycles. The van der Waals surface area contributed by atoms with E-state index in [-0.39, 0.29) is 48.2 Å². The topological polar surface area (TPSA) is 89.5 Å². The molecule has 0 aromatic rings. The number of piperidine rings is 1. The molecule has 1 saturated carbocycles. The highest BCUT2D eigenvalue weighted by atomic mass is 16.5. The number of imide groups is 1. The van der Waals surface area contributed by atoms with Gasteiger partial charge in [-0.2, -0.15) is 0 Å². The molecule has 0 aromatic heterocycles. The Labute approximate surface area is 136 Å². The summed E-state index contributed by atoms with van der Waals surface area (Å²) in [4.78, 5) is 47.0. The third-order valence-corrected chi connectivity index (χ3v) is 4.82. The van der Waals surface area contributed by atoms with E-state index in [9.17, 15) is 19.2 Å². The summed E-state index contributed by atoms with van der Waals surface area (Å²) in [6.07, 6.45) is 1.84. The van der Waals surface area contributed by atoms with Crippen molar-refractivity contribution >= 4 is 23.6 Å². The number of nitrogens with one attached hydrogen (secondary N) is 1. The van der Waals surface area contributed by atoms with Gasteiger partial charge in [-0.15, -0.1) is 0 Å². The Balaban J connectivity index is 2.12. The van der Waals surface area contributed by atoms with Gasteiger partial charge in [-0.3, -0.25) is 24.5 Å². The minimum Gasteiger partial charge on any atom is -0.462 e. The Morgan fingerprint density at radius 1 is 1.17 bits per heavy atom. The Morgan fingerprint density at radius 2 is 1.78 bits per heavy atom. The van der Waals surface area contributed by atoms with Crippen molar-refractivity contribution < 1.29 is 23.9 Å². The number of carbonyl (C=O) groups excluding carboxylic acids is 4. The van der Waals surface area contributed by atoms with E-state index in [0.29, 0.717) is 18.8 Å². The number of ether oxygens (including phenoxy) is 1. The summed E-state index contributed by atoms with van der Waals surface area (Å²) < 4.78 is 5.43. The van der Waals surface area contributed by atoms with Gasteiger partial charge < -0.3 is 4.74 Å². The van der Waals surface area contributed by atoms with Crippen LogP contribution in [0.4, 0.5) is 0 Å². The van der Waals surface area contributed by atoms with E-state index in [1.54, 1.807) is 0 Å². The van der Waals surface area contributed by atoms with Gasteiger partial charge in [0.25, 0.3) is 0 Å². The van der Waals surface area contributed by atoms with Crippen LogP contribution in [-0.2, 0) is 23.9 Å². The van der Waals surface area contributed by atoms with Crippen LogP contribution in [0.3, 0.4) is 0 Å². The Kier molecular flexibility index (Phi) is 5.55. The maximum absolute atomic E-state index is 12.5. The van der Waals surface area contributed by atoms with Gasteiger partial charge in [-0.05, 0) is 31.1 Å². The van der Waals surface area contributed by atoms with E-state index >= 15 is 0 Å². The zero-order chi connectivity index (χ0) is 17.1. The second-order valence-electron chi connectivity index (χ2n) is 7.12. The zero-order valence-electron chi connectivity index (χ0n) is 14.0. The molecular weight excluding hydrogens is 298 g/mol. The fourth-order valence-electron chi connectivity index (χ4n) is 3.92. The summed E-state index contributed by atoms with van der Waals surface area (Å²) in [5.74, 6) is -1.07. The average Bonchev–Trinajstić information content (AvgIpc) is 2.40. The van der Waals surface area contributed by atoms with E-state index < -0.39 is 12.1 Å². The number of Topliss-reactive ketones (excluding diaryl/α,β-unsaturated/α-hetero) is 1. The summed E-state index contributed by atoms with van der Waals surface area (Å²) in [6, 6.07) is 0. The first kappa shape index (κ1) is 17.6. The SMILES string of the molecule is CC(=O)OC(CC1CC(=O)NC(=O)C1)C1CC(C)CC(C)C1=O. The van der Waals surface area contributed by atoms with Gasteiger partial charge in [0, 0.05) is 25.7 Å². The van der Waals surface area contributed by atoms with Gasteiger partial charge >= 0.3 is 5.97 Å². The monoisotopic (exact) mass is 323 g/mol. The summed E-state index contributed by atoms with van der Waals surface area (Å²) in [6.45, 7) is 5.33. The molecule has 6 heteroatoms.